The Labute approximate surface area is 274 Å². The number of fused-ring (bicyclic) bond motifs is 4. The topological polar surface area (TPSA) is 154 Å². The van der Waals surface area contributed by atoms with E-state index in [1.807, 2.05) is 12.1 Å². The number of aromatic hydroxyl groups is 1. The molecule has 1 aliphatic carbocycles. The first-order valence-corrected chi connectivity index (χ1v) is 15.4. The van der Waals surface area contributed by atoms with Crippen LogP contribution in [0.15, 0.2) is 68.4 Å². The lowest BCUT2D eigenvalue weighted by Crippen LogP contribution is -2.37. The highest BCUT2D eigenvalue weighted by Crippen LogP contribution is 2.56. The van der Waals surface area contributed by atoms with Crippen LogP contribution in [0.2, 0.25) is 0 Å². The Kier molecular flexibility index (Phi) is 6.97. The summed E-state index contributed by atoms with van der Waals surface area (Å²) in [5, 5.41) is 20.1. The van der Waals surface area contributed by atoms with Gasteiger partial charge in [0.25, 0.3) is 0 Å². The van der Waals surface area contributed by atoms with Crippen LogP contribution in [0.5, 0.6) is 34.5 Å². The second-order valence-electron chi connectivity index (χ2n) is 11.4. The van der Waals surface area contributed by atoms with Gasteiger partial charge in [-0.15, -0.1) is 5.10 Å². The number of phenols is 1. The number of esters is 1. The Morgan fingerprint density at radius 1 is 0.957 bits per heavy atom. The second-order valence-corrected chi connectivity index (χ2v) is 12.3. The molecule has 0 saturated carbocycles. The molecule has 1 N–H and O–H groups in total. The summed E-state index contributed by atoms with van der Waals surface area (Å²) in [6.07, 6.45) is 1.76. The average molecular weight is 704 g/mol. The number of cyclic esters (lactones) is 1. The van der Waals surface area contributed by atoms with Crippen molar-refractivity contribution in [3.63, 3.8) is 0 Å². The van der Waals surface area contributed by atoms with Crippen molar-refractivity contribution >= 4 is 32.9 Å². The highest BCUT2D eigenvalue weighted by Gasteiger charge is 2.53. The molecule has 0 radical (unpaired) electrons. The summed E-state index contributed by atoms with van der Waals surface area (Å²) < 4.78 is 42.0. The Bertz CT molecular complexity index is 2100. The number of phenolic OH excluding ortho intramolecular Hbond substituents is 1. The quantitative estimate of drug-likeness (QED) is 0.185. The molecule has 1 saturated heterocycles. The number of benzene rings is 3. The van der Waals surface area contributed by atoms with E-state index in [2.05, 4.69) is 26.2 Å². The maximum absolute atomic E-state index is 13.5. The number of hydrogen-bond acceptors (Lipinski definition) is 12. The SMILES string of the molecule is COc1cc([C@@H]2c3cc4c(cc3[C@@H](n3cc(COc5cc(=O)oc6ccc(Br)cc56)nn3)[C@H]3COC(=O)[C@H]23)OCO4)cc(OC)c1O. The minimum absolute atomic E-state index is 0.0189. The van der Waals surface area contributed by atoms with Crippen LogP contribution < -0.4 is 29.3 Å². The molecule has 0 amide bonds. The summed E-state index contributed by atoms with van der Waals surface area (Å²) >= 11 is 3.45. The number of nitrogens with zero attached hydrogens (tertiary/aromatic N) is 3. The molecular formula is C33H26BrN3O10. The van der Waals surface area contributed by atoms with Crippen LogP contribution in [-0.2, 0) is 16.1 Å². The number of methoxy groups -OCH3 is 2. The largest absolute Gasteiger partial charge is 0.502 e. The van der Waals surface area contributed by atoms with Gasteiger partial charge >= 0.3 is 11.6 Å². The third-order valence-electron chi connectivity index (χ3n) is 8.89. The van der Waals surface area contributed by atoms with Gasteiger partial charge in [-0.1, -0.05) is 21.1 Å². The van der Waals surface area contributed by atoms with E-state index in [0.717, 1.165) is 15.6 Å². The summed E-state index contributed by atoms with van der Waals surface area (Å²) in [6.45, 7) is 0.236. The number of hydrogen-bond donors (Lipinski definition) is 1. The van der Waals surface area contributed by atoms with Gasteiger partial charge in [0.1, 0.15) is 23.6 Å². The fraction of sp³-hybridized carbons (Fsp3) is 0.273. The molecule has 3 aliphatic rings. The van der Waals surface area contributed by atoms with Gasteiger partial charge in [0.2, 0.25) is 12.5 Å². The third kappa shape index (κ3) is 4.82. The second kappa shape index (κ2) is 11.2. The first-order chi connectivity index (χ1) is 22.8. The van der Waals surface area contributed by atoms with Gasteiger partial charge in [0.15, 0.2) is 23.0 Å². The van der Waals surface area contributed by atoms with E-state index in [1.165, 1.54) is 20.3 Å². The third-order valence-corrected chi connectivity index (χ3v) is 9.39. The molecular weight excluding hydrogens is 678 g/mol. The predicted octanol–water partition coefficient (Wildman–Crippen LogP) is 4.70. The molecule has 2 aliphatic heterocycles. The molecule has 8 rings (SSSR count). The highest BCUT2D eigenvalue weighted by atomic mass is 79.9. The zero-order chi connectivity index (χ0) is 32.4. The summed E-state index contributed by atoms with van der Waals surface area (Å²) in [6, 6.07) is 13.3. The van der Waals surface area contributed by atoms with E-state index in [1.54, 1.807) is 41.2 Å². The molecule has 4 atom stereocenters. The van der Waals surface area contributed by atoms with Crippen molar-refractivity contribution in [1.29, 1.82) is 0 Å². The van der Waals surface area contributed by atoms with Crippen molar-refractivity contribution in [2.24, 2.45) is 11.8 Å². The van der Waals surface area contributed by atoms with Gasteiger partial charge in [0, 0.05) is 16.3 Å². The summed E-state index contributed by atoms with van der Waals surface area (Å²) in [5.41, 5.74) is 2.70. The Morgan fingerprint density at radius 2 is 1.70 bits per heavy atom. The normalized spacial score (nSPS) is 20.9. The van der Waals surface area contributed by atoms with E-state index in [9.17, 15) is 14.7 Å². The van der Waals surface area contributed by atoms with Crippen molar-refractivity contribution in [3.8, 4) is 34.5 Å². The van der Waals surface area contributed by atoms with E-state index >= 15 is 0 Å². The van der Waals surface area contributed by atoms with Gasteiger partial charge in [-0.25, -0.2) is 9.48 Å². The lowest BCUT2D eigenvalue weighted by atomic mass is 9.65. The maximum atomic E-state index is 13.5. The standard InChI is InChI=1S/C33H26BrN3O10/c1-41-26-5-15(6-27(42-2)32(26)39)29-18-8-24-25(46-14-45-24)9-19(18)31(21-13-44-33(40)30(21)29)37-11-17(35-36-37)12-43-23-10-28(38)47-22-4-3-16(34)7-20(22)23/h3-11,21,29-31,39H,12-14H2,1-2H3/t21-,29+,30-,31+/m0/s1. The van der Waals surface area contributed by atoms with Gasteiger partial charge < -0.3 is 37.9 Å². The van der Waals surface area contributed by atoms with Crippen molar-refractivity contribution in [2.75, 3.05) is 27.6 Å². The van der Waals surface area contributed by atoms with Crippen LogP contribution in [0.1, 0.15) is 34.3 Å². The monoisotopic (exact) mass is 703 g/mol. The molecule has 240 valence electrons. The van der Waals surface area contributed by atoms with Gasteiger partial charge in [0.05, 0.1) is 50.4 Å². The molecule has 2 aromatic heterocycles. The Hall–Kier alpha value is -5.24. The highest BCUT2D eigenvalue weighted by molar-refractivity contribution is 9.10. The van der Waals surface area contributed by atoms with Crippen molar-refractivity contribution in [2.45, 2.75) is 18.6 Å². The van der Waals surface area contributed by atoms with Crippen LogP contribution in [0.3, 0.4) is 0 Å². The molecule has 0 bridgehead atoms. The molecule has 0 unspecified atom stereocenters. The van der Waals surface area contributed by atoms with Crippen LogP contribution in [-0.4, -0.2) is 53.7 Å². The van der Waals surface area contributed by atoms with Crippen molar-refractivity contribution in [1.82, 2.24) is 15.0 Å². The number of rotatable bonds is 7. The van der Waals surface area contributed by atoms with Crippen LogP contribution in [0.25, 0.3) is 11.0 Å². The first kappa shape index (κ1) is 29.2. The molecule has 4 heterocycles. The predicted molar refractivity (Wildman–Crippen MR) is 166 cm³/mol. The Morgan fingerprint density at radius 3 is 2.45 bits per heavy atom. The number of carbonyl (C=O) groups excluding carboxylic acids is 1. The lowest BCUT2D eigenvalue weighted by Gasteiger charge is -2.39. The van der Waals surface area contributed by atoms with Gasteiger partial charge in [-0.05, 0) is 59.2 Å². The molecule has 0 spiro atoms. The number of ether oxygens (including phenoxy) is 6. The molecule has 13 nitrogen and oxygen atoms in total. The van der Waals surface area contributed by atoms with Gasteiger partial charge in [-0.2, -0.15) is 0 Å². The zero-order valence-corrected chi connectivity index (χ0v) is 26.6. The van der Waals surface area contributed by atoms with E-state index in [4.69, 9.17) is 32.8 Å². The minimum Gasteiger partial charge on any atom is -0.502 e. The van der Waals surface area contributed by atoms with E-state index in [-0.39, 0.29) is 49.1 Å². The van der Waals surface area contributed by atoms with E-state index in [0.29, 0.717) is 39.5 Å². The maximum Gasteiger partial charge on any atom is 0.339 e. The van der Waals surface area contributed by atoms with E-state index < -0.39 is 23.5 Å². The smallest absolute Gasteiger partial charge is 0.339 e. The summed E-state index contributed by atoms with van der Waals surface area (Å²) in [4.78, 5) is 25.7. The molecule has 47 heavy (non-hydrogen) atoms. The first-order valence-electron chi connectivity index (χ1n) is 14.6. The summed E-state index contributed by atoms with van der Waals surface area (Å²) in [5.74, 6) is -0.0699. The molecule has 3 aromatic carbocycles. The van der Waals surface area contributed by atoms with Crippen LogP contribution in [0.4, 0.5) is 0 Å². The molecule has 1 fully saturated rings. The number of carbonyl (C=O) groups is 1. The van der Waals surface area contributed by atoms with Crippen molar-refractivity contribution < 1.29 is 42.7 Å². The van der Waals surface area contributed by atoms with Crippen LogP contribution in [0, 0.1) is 11.8 Å². The summed E-state index contributed by atoms with van der Waals surface area (Å²) in [7, 11) is 2.90. The molecule has 5 aromatic rings. The van der Waals surface area contributed by atoms with Crippen molar-refractivity contribution in [3.05, 3.63) is 92.0 Å². The average Bonchev–Trinajstić information content (AvgIpc) is 3.82. The fourth-order valence-corrected chi connectivity index (χ4v) is 7.22. The van der Waals surface area contributed by atoms with Gasteiger partial charge in [-0.3, -0.25) is 4.79 Å². The lowest BCUT2D eigenvalue weighted by molar-refractivity contribution is -0.141. The zero-order valence-electron chi connectivity index (χ0n) is 25.0. The minimum atomic E-state index is -0.621. The number of halogens is 1. The number of aromatic nitrogens is 3. The van der Waals surface area contributed by atoms with Crippen LogP contribution >= 0.6 is 15.9 Å². The molecule has 14 heteroatoms. The fourth-order valence-electron chi connectivity index (χ4n) is 6.86. The Balaban J connectivity index is 1.20.